The van der Waals surface area contributed by atoms with Crippen molar-refractivity contribution in [1.29, 1.82) is 0 Å². The highest BCUT2D eigenvalue weighted by molar-refractivity contribution is 6.31. The van der Waals surface area contributed by atoms with E-state index in [4.69, 9.17) is 21.9 Å². The van der Waals surface area contributed by atoms with E-state index in [0.29, 0.717) is 10.7 Å². The standard InChI is InChI=1S/C13H16ClN3O/c1-9-5-12(16-18-9)8-17(2)7-10-3-4-11(15)6-13(10)14/h3-6H,7-8,15H2,1-2H3. The fraction of sp³-hybridized carbons (Fsp3) is 0.308. The van der Waals surface area contributed by atoms with Crippen LogP contribution < -0.4 is 5.73 Å². The normalized spacial score (nSPS) is 11.1. The molecule has 2 aromatic rings. The van der Waals surface area contributed by atoms with Crippen molar-refractivity contribution in [3.05, 3.63) is 46.3 Å². The molecule has 1 aromatic heterocycles. The van der Waals surface area contributed by atoms with Gasteiger partial charge in [0.1, 0.15) is 5.76 Å². The summed E-state index contributed by atoms with van der Waals surface area (Å²) in [6.07, 6.45) is 0. The SMILES string of the molecule is Cc1cc(CN(C)Cc2ccc(N)cc2Cl)no1. The molecule has 96 valence electrons. The first-order valence-corrected chi connectivity index (χ1v) is 6.07. The highest BCUT2D eigenvalue weighted by Crippen LogP contribution is 2.20. The van der Waals surface area contributed by atoms with Gasteiger partial charge in [0.2, 0.25) is 0 Å². The summed E-state index contributed by atoms with van der Waals surface area (Å²) in [6, 6.07) is 7.50. The molecule has 0 amide bonds. The van der Waals surface area contributed by atoms with Crippen LogP contribution in [0.25, 0.3) is 0 Å². The van der Waals surface area contributed by atoms with Crippen LogP contribution in [0.1, 0.15) is 17.0 Å². The Hall–Kier alpha value is -1.52. The van der Waals surface area contributed by atoms with Gasteiger partial charge in [-0.15, -0.1) is 0 Å². The average molecular weight is 266 g/mol. The molecule has 18 heavy (non-hydrogen) atoms. The third-order valence-corrected chi connectivity index (χ3v) is 2.98. The molecule has 0 aliphatic carbocycles. The van der Waals surface area contributed by atoms with Gasteiger partial charge >= 0.3 is 0 Å². The topological polar surface area (TPSA) is 55.3 Å². The number of nitrogens with two attached hydrogens (primary N) is 1. The van der Waals surface area contributed by atoms with E-state index in [1.54, 1.807) is 6.07 Å². The Balaban J connectivity index is 2.00. The molecule has 0 radical (unpaired) electrons. The van der Waals surface area contributed by atoms with Crippen LogP contribution in [-0.2, 0) is 13.1 Å². The number of nitrogen functional groups attached to an aromatic ring is 1. The number of aromatic nitrogens is 1. The Kier molecular flexibility index (Phi) is 3.89. The van der Waals surface area contributed by atoms with E-state index in [1.807, 2.05) is 32.2 Å². The third-order valence-electron chi connectivity index (χ3n) is 2.63. The second kappa shape index (κ2) is 5.42. The molecule has 0 spiro atoms. The van der Waals surface area contributed by atoms with Crippen molar-refractivity contribution in [2.45, 2.75) is 20.0 Å². The van der Waals surface area contributed by atoms with Crippen LogP contribution in [0.5, 0.6) is 0 Å². The maximum Gasteiger partial charge on any atom is 0.133 e. The molecule has 1 heterocycles. The van der Waals surface area contributed by atoms with Gasteiger partial charge < -0.3 is 10.3 Å². The number of aryl methyl sites for hydroxylation is 1. The zero-order valence-corrected chi connectivity index (χ0v) is 11.2. The van der Waals surface area contributed by atoms with Gasteiger partial charge in [0.05, 0.1) is 5.69 Å². The lowest BCUT2D eigenvalue weighted by atomic mass is 10.2. The van der Waals surface area contributed by atoms with Gasteiger partial charge in [-0.2, -0.15) is 0 Å². The molecule has 0 aliphatic rings. The Bertz CT molecular complexity index is 539. The maximum absolute atomic E-state index is 6.14. The highest BCUT2D eigenvalue weighted by atomic mass is 35.5. The van der Waals surface area contributed by atoms with Crippen molar-refractivity contribution in [2.75, 3.05) is 12.8 Å². The average Bonchev–Trinajstić information content (AvgIpc) is 2.68. The molecular weight excluding hydrogens is 250 g/mol. The van der Waals surface area contributed by atoms with E-state index in [-0.39, 0.29) is 0 Å². The van der Waals surface area contributed by atoms with Gasteiger partial charge in [-0.25, -0.2) is 0 Å². The molecule has 0 unspecified atom stereocenters. The highest BCUT2D eigenvalue weighted by Gasteiger charge is 2.08. The fourth-order valence-electron chi connectivity index (χ4n) is 1.81. The summed E-state index contributed by atoms with van der Waals surface area (Å²) in [6.45, 7) is 3.34. The lowest BCUT2D eigenvalue weighted by Gasteiger charge is -2.16. The molecule has 5 heteroatoms. The minimum Gasteiger partial charge on any atom is -0.399 e. The zero-order valence-electron chi connectivity index (χ0n) is 10.5. The summed E-state index contributed by atoms with van der Waals surface area (Å²) in [5, 5.41) is 4.66. The smallest absolute Gasteiger partial charge is 0.133 e. The van der Waals surface area contributed by atoms with Crippen LogP contribution in [0.15, 0.2) is 28.8 Å². The molecule has 4 nitrogen and oxygen atoms in total. The van der Waals surface area contributed by atoms with E-state index in [1.165, 1.54) is 0 Å². The molecule has 0 aliphatic heterocycles. The van der Waals surface area contributed by atoms with Crippen molar-refractivity contribution >= 4 is 17.3 Å². The Morgan fingerprint density at radius 3 is 2.72 bits per heavy atom. The van der Waals surface area contributed by atoms with Gasteiger partial charge in [0, 0.05) is 29.9 Å². The molecular formula is C13H16ClN3O. The van der Waals surface area contributed by atoms with Crippen LogP contribution in [0.3, 0.4) is 0 Å². The number of anilines is 1. The predicted molar refractivity (Wildman–Crippen MR) is 72.3 cm³/mol. The van der Waals surface area contributed by atoms with E-state index < -0.39 is 0 Å². The van der Waals surface area contributed by atoms with Crippen molar-refractivity contribution in [2.24, 2.45) is 0 Å². The van der Waals surface area contributed by atoms with Crippen LogP contribution in [0, 0.1) is 6.92 Å². The monoisotopic (exact) mass is 265 g/mol. The zero-order chi connectivity index (χ0) is 13.1. The lowest BCUT2D eigenvalue weighted by Crippen LogP contribution is -2.17. The van der Waals surface area contributed by atoms with Gasteiger partial charge in [0.25, 0.3) is 0 Å². The van der Waals surface area contributed by atoms with Crippen molar-refractivity contribution in [1.82, 2.24) is 10.1 Å². The largest absolute Gasteiger partial charge is 0.399 e. The van der Waals surface area contributed by atoms with Crippen LogP contribution >= 0.6 is 11.6 Å². The quantitative estimate of drug-likeness (QED) is 0.864. The summed E-state index contributed by atoms with van der Waals surface area (Å²) < 4.78 is 5.04. The van der Waals surface area contributed by atoms with E-state index in [2.05, 4.69) is 10.1 Å². The number of halogens is 1. The van der Waals surface area contributed by atoms with Crippen molar-refractivity contribution in [3.8, 4) is 0 Å². The minimum absolute atomic E-state index is 0.679. The summed E-state index contributed by atoms with van der Waals surface area (Å²) in [5.74, 6) is 0.823. The molecule has 0 fully saturated rings. The number of rotatable bonds is 4. The lowest BCUT2D eigenvalue weighted by molar-refractivity contribution is 0.302. The van der Waals surface area contributed by atoms with Gasteiger partial charge in [0.15, 0.2) is 0 Å². The molecule has 0 bridgehead atoms. The molecule has 1 aromatic carbocycles. The molecule has 0 saturated carbocycles. The van der Waals surface area contributed by atoms with Crippen LogP contribution in [-0.4, -0.2) is 17.1 Å². The molecule has 0 atom stereocenters. The van der Waals surface area contributed by atoms with Crippen LogP contribution in [0.2, 0.25) is 5.02 Å². The van der Waals surface area contributed by atoms with E-state index >= 15 is 0 Å². The number of hydrogen-bond donors (Lipinski definition) is 1. The van der Waals surface area contributed by atoms with Crippen molar-refractivity contribution < 1.29 is 4.52 Å². The van der Waals surface area contributed by atoms with Crippen LogP contribution in [0.4, 0.5) is 5.69 Å². The number of benzene rings is 1. The number of hydrogen-bond acceptors (Lipinski definition) is 4. The maximum atomic E-state index is 6.14. The Morgan fingerprint density at radius 1 is 1.33 bits per heavy atom. The van der Waals surface area contributed by atoms with Gasteiger partial charge in [-0.1, -0.05) is 22.8 Å². The molecule has 2 N–H and O–H groups in total. The second-order valence-electron chi connectivity index (χ2n) is 4.45. The summed E-state index contributed by atoms with van der Waals surface area (Å²) >= 11 is 6.14. The fourth-order valence-corrected chi connectivity index (χ4v) is 2.06. The first-order chi connectivity index (χ1) is 8.54. The first-order valence-electron chi connectivity index (χ1n) is 5.69. The summed E-state index contributed by atoms with van der Waals surface area (Å²) in [5.41, 5.74) is 8.31. The van der Waals surface area contributed by atoms with Crippen molar-refractivity contribution in [3.63, 3.8) is 0 Å². The first kappa shape index (κ1) is 12.9. The molecule has 2 rings (SSSR count). The van der Waals surface area contributed by atoms with Gasteiger partial charge in [-0.3, -0.25) is 4.90 Å². The predicted octanol–water partition coefficient (Wildman–Crippen LogP) is 2.85. The van der Waals surface area contributed by atoms with E-state index in [9.17, 15) is 0 Å². The van der Waals surface area contributed by atoms with E-state index in [0.717, 1.165) is 30.1 Å². The third kappa shape index (κ3) is 3.24. The number of nitrogens with zero attached hydrogens (tertiary/aromatic N) is 2. The molecule has 0 saturated heterocycles. The summed E-state index contributed by atoms with van der Waals surface area (Å²) in [4.78, 5) is 2.12. The Morgan fingerprint density at radius 2 is 2.11 bits per heavy atom. The summed E-state index contributed by atoms with van der Waals surface area (Å²) in [7, 11) is 2.01. The second-order valence-corrected chi connectivity index (χ2v) is 4.86. The Labute approximate surface area is 111 Å². The van der Waals surface area contributed by atoms with Gasteiger partial charge in [-0.05, 0) is 31.7 Å². The minimum atomic E-state index is 0.679.